The highest BCUT2D eigenvalue weighted by Gasteiger charge is 2.09. The van der Waals surface area contributed by atoms with Gasteiger partial charge in [-0.05, 0) is 12.8 Å². The van der Waals surface area contributed by atoms with Crippen LogP contribution in [0.15, 0.2) is 0 Å². The van der Waals surface area contributed by atoms with Crippen molar-refractivity contribution in [3.63, 3.8) is 0 Å². The minimum atomic E-state index is -1.29. The maximum Gasteiger partial charge on any atom is 0.372 e. The molecule has 4 heteroatoms. The van der Waals surface area contributed by atoms with Crippen LogP contribution in [0.5, 0.6) is 0 Å². The molecule has 0 rings (SSSR count). The van der Waals surface area contributed by atoms with Crippen LogP contribution in [0.3, 0.4) is 0 Å². The van der Waals surface area contributed by atoms with Crippen molar-refractivity contribution in [2.75, 3.05) is 5.33 Å². The Kier molecular flexibility index (Phi) is 20.6. The molecule has 0 bridgehead atoms. The van der Waals surface area contributed by atoms with Gasteiger partial charge in [-0.1, -0.05) is 119 Å². The molecule has 0 aliphatic heterocycles. The lowest BCUT2D eigenvalue weighted by molar-refractivity contribution is -0.149. The molecule has 0 aromatic carbocycles. The maximum atomic E-state index is 10.9. The molecule has 0 aromatic rings. The van der Waals surface area contributed by atoms with E-state index in [4.69, 9.17) is 5.11 Å². The van der Waals surface area contributed by atoms with Gasteiger partial charge in [0, 0.05) is 11.8 Å². The van der Waals surface area contributed by atoms with E-state index in [0.29, 0.717) is 0 Å². The molecule has 0 amide bonds. The van der Waals surface area contributed by atoms with Gasteiger partial charge in [0.1, 0.15) is 0 Å². The van der Waals surface area contributed by atoms with E-state index in [1.165, 1.54) is 96.3 Å². The second kappa shape index (κ2) is 20.9. The molecule has 1 N–H and O–H groups in total. The molecule has 0 aliphatic carbocycles. The summed E-state index contributed by atoms with van der Waals surface area (Å²) in [5.41, 5.74) is 0. The summed E-state index contributed by atoms with van der Waals surface area (Å²) < 4.78 is 0. The number of Topliss-reactive ketones (excluding diaryl/α,β-unsaturated/α-hetero) is 1. The lowest BCUT2D eigenvalue weighted by Gasteiger charge is -2.03. The van der Waals surface area contributed by atoms with Gasteiger partial charge in [0.05, 0.1) is 0 Å². The van der Waals surface area contributed by atoms with E-state index in [0.717, 1.165) is 24.6 Å². The Morgan fingerprint density at radius 1 is 0.500 bits per heavy atom. The van der Waals surface area contributed by atoms with Crippen molar-refractivity contribution in [2.24, 2.45) is 0 Å². The zero-order chi connectivity index (χ0) is 19.3. The number of carbonyl (C=O) groups is 2. The van der Waals surface area contributed by atoms with Crippen molar-refractivity contribution in [1.82, 2.24) is 0 Å². The predicted octanol–water partition coefficient (Wildman–Crippen LogP) is 7.45. The molecular weight excluding hydrogens is 392 g/mol. The first kappa shape index (κ1) is 25.6. The van der Waals surface area contributed by atoms with Crippen molar-refractivity contribution in [2.45, 2.75) is 122 Å². The van der Waals surface area contributed by atoms with Crippen LogP contribution < -0.4 is 0 Å². The van der Waals surface area contributed by atoms with Crippen LogP contribution in [0.2, 0.25) is 0 Å². The van der Waals surface area contributed by atoms with Crippen LogP contribution in [0.25, 0.3) is 0 Å². The number of carbonyl (C=O) groups excluding carboxylic acids is 1. The first-order valence-corrected chi connectivity index (χ1v) is 12.1. The smallest absolute Gasteiger partial charge is 0.372 e. The van der Waals surface area contributed by atoms with Crippen molar-refractivity contribution in [1.29, 1.82) is 0 Å². The Labute approximate surface area is 169 Å². The third-order valence-electron chi connectivity index (χ3n) is 5.03. The molecule has 0 radical (unpaired) electrons. The second-order valence-corrected chi connectivity index (χ2v) is 8.32. The summed E-state index contributed by atoms with van der Waals surface area (Å²) in [7, 11) is 0. The van der Waals surface area contributed by atoms with Crippen LogP contribution in [-0.4, -0.2) is 22.2 Å². The number of aliphatic carboxylic acids is 1. The normalized spacial score (nSPS) is 11.0. The van der Waals surface area contributed by atoms with Gasteiger partial charge in [-0.15, -0.1) is 0 Å². The minimum Gasteiger partial charge on any atom is -0.476 e. The van der Waals surface area contributed by atoms with Gasteiger partial charge in [-0.2, -0.15) is 0 Å². The number of hydrogen-bond acceptors (Lipinski definition) is 2. The van der Waals surface area contributed by atoms with Crippen molar-refractivity contribution >= 4 is 27.7 Å². The van der Waals surface area contributed by atoms with E-state index in [1.54, 1.807) is 0 Å². The molecule has 0 spiro atoms. The largest absolute Gasteiger partial charge is 0.476 e. The predicted molar refractivity (Wildman–Crippen MR) is 114 cm³/mol. The zero-order valence-corrected chi connectivity index (χ0v) is 18.4. The summed E-state index contributed by atoms with van der Waals surface area (Å²) in [4.78, 5) is 21.3. The SMILES string of the molecule is O=C(O)C(=O)CCCCCCCCCCCCCCCCCCCCBr. The molecule has 0 aromatic heterocycles. The number of unbranched alkanes of at least 4 members (excludes halogenated alkanes) is 17. The third kappa shape index (κ3) is 19.9. The molecule has 26 heavy (non-hydrogen) atoms. The van der Waals surface area contributed by atoms with E-state index in [2.05, 4.69) is 15.9 Å². The van der Waals surface area contributed by atoms with Gasteiger partial charge in [-0.3, -0.25) is 4.79 Å². The van der Waals surface area contributed by atoms with Gasteiger partial charge in [0.15, 0.2) is 0 Å². The van der Waals surface area contributed by atoms with E-state index >= 15 is 0 Å². The highest BCUT2D eigenvalue weighted by Crippen LogP contribution is 2.14. The van der Waals surface area contributed by atoms with Gasteiger partial charge < -0.3 is 5.11 Å². The molecule has 0 saturated carbocycles. The van der Waals surface area contributed by atoms with E-state index in [1.807, 2.05) is 0 Å². The molecule has 0 fully saturated rings. The molecule has 3 nitrogen and oxygen atoms in total. The fourth-order valence-corrected chi connectivity index (χ4v) is 3.71. The topological polar surface area (TPSA) is 54.4 Å². The Morgan fingerprint density at radius 3 is 1.04 bits per heavy atom. The van der Waals surface area contributed by atoms with Crippen LogP contribution in [0.1, 0.15) is 122 Å². The van der Waals surface area contributed by atoms with Gasteiger partial charge >= 0.3 is 5.97 Å². The quantitative estimate of drug-likeness (QED) is 0.116. The number of ketones is 1. The van der Waals surface area contributed by atoms with Crippen LogP contribution in [0, 0.1) is 0 Å². The molecule has 154 valence electrons. The van der Waals surface area contributed by atoms with Crippen molar-refractivity contribution < 1.29 is 14.7 Å². The molecule has 0 atom stereocenters. The first-order chi connectivity index (χ1) is 12.7. The molecule has 0 heterocycles. The number of carboxylic acids is 1. The molecule has 0 saturated heterocycles. The Morgan fingerprint density at radius 2 is 0.769 bits per heavy atom. The first-order valence-electron chi connectivity index (χ1n) is 11.0. The summed E-state index contributed by atoms with van der Waals surface area (Å²) >= 11 is 3.48. The third-order valence-corrected chi connectivity index (χ3v) is 5.59. The van der Waals surface area contributed by atoms with E-state index in [9.17, 15) is 9.59 Å². The number of rotatable bonds is 21. The number of hydrogen-bond donors (Lipinski definition) is 1. The lowest BCUT2D eigenvalue weighted by atomic mass is 10.0. The van der Waals surface area contributed by atoms with Gasteiger partial charge in [-0.25, -0.2) is 4.79 Å². The van der Waals surface area contributed by atoms with Gasteiger partial charge in [0.25, 0.3) is 0 Å². The fourth-order valence-electron chi connectivity index (χ4n) is 3.32. The highest BCUT2D eigenvalue weighted by atomic mass is 79.9. The van der Waals surface area contributed by atoms with Crippen LogP contribution in [0.4, 0.5) is 0 Å². The van der Waals surface area contributed by atoms with Crippen molar-refractivity contribution in [3.8, 4) is 0 Å². The molecule has 0 unspecified atom stereocenters. The molecular formula is C22H41BrO3. The van der Waals surface area contributed by atoms with Crippen LogP contribution in [-0.2, 0) is 9.59 Å². The summed E-state index contributed by atoms with van der Waals surface area (Å²) in [6.07, 6.45) is 23.6. The van der Waals surface area contributed by atoms with Crippen molar-refractivity contribution in [3.05, 3.63) is 0 Å². The van der Waals surface area contributed by atoms with E-state index in [-0.39, 0.29) is 6.42 Å². The Bertz CT molecular complexity index is 331. The number of carboxylic acid groups (broad SMARTS) is 1. The molecule has 0 aliphatic rings. The average molecular weight is 433 g/mol. The fraction of sp³-hybridized carbons (Fsp3) is 0.909. The Balaban J connectivity index is 3.05. The van der Waals surface area contributed by atoms with Crippen LogP contribution >= 0.6 is 15.9 Å². The summed E-state index contributed by atoms with van der Waals surface area (Å²) in [5, 5.41) is 9.64. The zero-order valence-electron chi connectivity index (χ0n) is 16.8. The minimum absolute atomic E-state index is 0.201. The van der Waals surface area contributed by atoms with Gasteiger partial charge in [0.2, 0.25) is 5.78 Å². The summed E-state index contributed by atoms with van der Waals surface area (Å²) in [5.74, 6) is -1.93. The monoisotopic (exact) mass is 432 g/mol. The number of alkyl halides is 1. The maximum absolute atomic E-state index is 10.9. The standard InChI is InChI=1S/C22H41BrO3/c23-20-18-16-14-12-10-8-6-4-2-1-3-5-7-9-11-13-15-17-19-21(24)22(25)26/h1-20H2,(H,25,26). The number of halogens is 1. The lowest BCUT2D eigenvalue weighted by Crippen LogP contribution is -2.11. The second-order valence-electron chi connectivity index (χ2n) is 7.53. The highest BCUT2D eigenvalue weighted by molar-refractivity contribution is 9.09. The summed E-state index contributed by atoms with van der Waals surface area (Å²) in [6.45, 7) is 0. The summed E-state index contributed by atoms with van der Waals surface area (Å²) in [6, 6.07) is 0. The Hall–Kier alpha value is -0.380. The van der Waals surface area contributed by atoms with E-state index < -0.39 is 11.8 Å². The average Bonchev–Trinajstić information content (AvgIpc) is 2.63.